The van der Waals surface area contributed by atoms with Gasteiger partial charge in [0.25, 0.3) is 0 Å². The van der Waals surface area contributed by atoms with E-state index in [9.17, 15) is 18.0 Å². The van der Waals surface area contributed by atoms with Crippen LogP contribution in [0.25, 0.3) is 0 Å². The SMILES string of the molecule is CCC(C)C(N)C(=O)NC(C)CC(F)(F)F. The van der Waals surface area contributed by atoms with Crippen molar-refractivity contribution in [2.75, 3.05) is 0 Å². The minimum Gasteiger partial charge on any atom is -0.352 e. The molecule has 0 radical (unpaired) electrons. The topological polar surface area (TPSA) is 55.1 Å². The molecule has 0 saturated carbocycles. The van der Waals surface area contributed by atoms with E-state index in [1.54, 1.807) is 6.92 Å². The van der Waals surface area contributed by atoms with E-state index in [0.29, 0.717) is 6.42 Å². The number of nitrogens with two attached hydrogens (primary N) is 1. The van der Waals surface area contributed by atoms with Gasteiger partial charge in [0.05, 0.1) is 12.5 Å². The van der Waals surface area contributed by atoms with Crippen LogP contribution in [-0.4, -0.2) is 24.2 Å². The van der Waals surface area contributed by atoms with Gasteiger partial charge in [0, 0.05) is 6.04 Å². The molecule has 6 heteroatoms. The smallest absolute Gasteiger partial charge is 0.352 e. The molecule has 0 heterocycles. The summed E-state index contributed by atoms with van der Waals surface area (Å²) in [6, 6.07) is -1.69. The summed E-state index contributed by atoms with van der Waals surface area (Å²) in [7, 11) is 0. The number of carbonyl (C=O) groups excluding carboxylic acids is 1. The van der Waals surface area contributed by atoms with Gasteiger partial charge in [0.15, 0.2) is 0 Å². The lowest BCUT2D eigenvalue weighted by molar-refractivity contribution is -0.141. The predicted molar refractivity (Wildman–Crippen MR) is 55.7 cm³/mol. The zero-order valence-electron chi connectivity index (χ0n) is 9.77. The molecule has 0 aromatic rings. The number of alkyl halides is 3. The van der Waals surface area contributed by atoms with Gasteiger partial charge in [-0.2, -0.15) is 13.2 Å². The van der Waals surface area contributed by atoms with Crippen LogP contribution in [0, 0.1) is 5.92 Å². The van der Waals surface area contributed by atoms with Crippen LogP contribution in [-0.2, 0) is 4.79 Å². The molecule has 0 spiro atoms. The standard InChI is InChI=1S/C10H19F3N2O/c1-4-6(2)8(14)9(16)15-7(3)5-10(11,12)13/h6-8H,4-5,14H2,1-3H3,(H,15,16). The minimum atomic E-state index is -4.27. The Bertz CT molecular complexity index is 231. The number of hydrogen-bond acceptors (Lipinski definition) is 2. The maximum absolute atomic E-state index is 12.0. The highest BCUT2D eigenvalue weighted by Crippen LogP contribution is 2.21. The Morgan fingerprint density at radius 2 is 1.88 bits per heavy atom. The number of hydrogen-bond donors (Lipinski definition) is 2. The Balaban J connectivity index is 4.14. The van der Waals surface area contributed by atoms with Crippen LogP contribution in [0.2, 0.25) is 0 Å². The second-order valence-corrected chi connectivity index (χ2v) is 4.14. The summed E-state index contributed by atoms with van der Waals surface area (Å²) >= 11 is 0. The van der Waals surface area contributed by atoms with Crippen molar-refractivity contribution in [3.8, 4) is 0 Å². The fourth-order valence-corrected chi connectivity index (χ4v) is 1.25. The molecule has 0 fully saturated rings. The third kappa shape index (κ3) is 5.95. The van der Waals surface area contributed by atoms with Gasteiger partial charge in [-0.1, -0.05) is 20.3 Å². The van der Waals surface area contributed by atoms with Gasteiger partial charge in [0.2, 0.25) is 5.91 Å². The average Bonchev–Trinajstić information content (AvgIpc) is 2.12. The van der Waals surface area contributed by atoms with Crippen LogP contribution < -0.4 is 11.1 Å². The van der Waals surface area contributed by atoms with Gasteiger partial charge in [0.1, 0.15) is 0 Å². The Kier molecular flexibility index (Phi) is 5.78. The van der Waals surface area contributed by atoms with Crippen molar-refractivity contribution >= 4 is 5.91 Å². The third-order valence-electron chi connectivity index (χ3n) is 2.49. The van der Waals surface area contributed by atoms with E-state index in [1.165, 1.54) is 6.92 Å². The van der Waals surface area contributed by atoms with Crippen molar-refractivity contribution in [2.45, 2.75) is 51.9 Å². The quantitative estimate of drug-likeness (QED) is 0.770. The molecule has 16 heavy (non-hydrogen) atoms. The van der Waals surface area contributed by atoms with Crippen LogP contribution in [0.1, 0.15) is 33.6 Å². The van der Waals surface area contributed by atoms with E-state index in [1.807, 2.05) is 6.92 Å². The Morgan fingerprint density at radius 1 is 1.38 bits per heavy atom. The molecule has 0 aliphatic rings. The Morgan fingerprint density at radius 3 is 2.25 bits per heavy atom. The number of halogens is 3. The highest BCUT2D eigenvalue weighted by Gasteiger charge is 2.31. The first kappa shape index (κ1) is 15.2. The lowest BCUT2D eigenvalue weighted by Gasteiger charge is -2.21. The number of nitrogens with one attached hydrogen (secondary N) is 1. The molecule has 0 aromatic heterocycles. The van der Waals surface area contributed by atoms with Gasteiger partial charge in [-0.25, -0.2) is 0 Å². The number of amides is 1. The molecule has 0 bridgehead atoms. The van der Waals surface area contributed by atoms with Crippen LogP contribution in [0.4, 0.5) is 13.2 Å². The van der Waals surface area contributed by atoms with E-state index < -0.39 is 30.6 Å². The fourth-order valence-electron chi connectivity index (χ4n) is 1.25. The van der Waals surface area contributed by atoms with Gasteiger partial charge in [-0.15, -0.1) is 0 Å². The first-order valence-corrected chi connectivity index (χ1v) is 5.30. The van der Waals surface area contributed by atoms with Crippen molar-refractivity contribution in [3.63, 3.8) is 0 Å². The fraction of sp³-hybridized carbons (Fsp3) is 0.900. The summed E-state index contributed by atoms with van der Waals surface area (Å²) < 4.78 is 36.0. The summed E-state index contributed by atoms with van der Waals surface area (Å²) in [4.78, 5) is 11.4. The van der Waals surface area contributed by atoms with Crippen LogP contribution in [0.5, 0.6) is 0 Å². The number of carbonyl (C=O) groups is 1. The molecule has 0 rings (SSSR count). The molecule has 3 atom stereocenters. The zero-order chi connectivity index (χ0) is 12.9. The van der Waals surface area contributed by atoms with E-state index in [2.05, 4.69) is 5.32 Å². The highest BCUT2D eigenvalue weighted by molar-refractivity contribution is 5.82. The van der Waals surface area contributed by atoms with E-state index in [4.69, 9.17) is 5.73 Å². The van der Waals surface area contributed by atoms with Gasteiger partial charge < -0.3 is 11.1 Å². The largest absolute Gasteiger partial charge is 0.391 e. The van der Waals surface area contributed by atoms with Gasteiger partial charge in [-0.3, -0.25) is 4.79 Å². The molecule has 0 aliphatic carbocycles. The molecule has 3 unspecified atom stereocenters. The summed E-state index contributed by atoms with van der Waals surface area (Å²) in [5, 5.41) is 2.27. The summed E-state index contributed by atoms with van der Waals surface area (Å²) in [5.74, 6) is -0.566. The molecule has 1 amide bonds. The van der Waals surface area contributed by atoms with Gasteiger partial charge in [-0.05, 0) is 12.8 Å². The first-order valence-electron chi connectivity index (χ1n) is 5.30. The maximum Gasteiger partial charge on any atom is 0.391 e. The van der Waals surface area contributed by atoms with Crippen LogP contribution in [0.15, 0.2) is 0 Å². The predicted octanol–water partition coefficient (Wildman–Crippen LogP) is 1.82. The third-order valence-corrected chi connectivity index (χ3v) is 2.49. The molecule has 3 nitrogen and oxygen atoms in total. The molecule has 0 aromatic carbocycles. The minimum absolute atomic E-state index is 0.0434. The second kappa shape index (κ2) is 6.08. The summed E-state index contributed by atoms with van der Waals surface area (Å²) in [6.45, 7) is 4.98. The maximum atomic E-state index is 12.0. The molecule has 96 valence electrons. The monoisotopic (exact) mass is 240 g/mol. The lowest BCUT2D eigenvalue weighted by atomic mass is 9.99. The van der Waals surface area contributed by atoms with Crippen LogP contribution in [0.3, 0.4) is 0 Å². The molecule has 3 N–H and O–H groups in total. The molecule has 0 saturated heterocycles. The van der Waals surface area contributed by atoms with Crippen LogP contribution >= 0.6 is 0 Å². The Labute approximate surface area is 93.6 Å². The first-order chi connectivity index (χ1) is 7.17. The normalized spacial score (nSPS) is 17.7. The molecular weight excluding hydrogens is 221 g/mol. The zero-order valence-corrected chi connectivity index (χ0v) is 9.77. The second-order valence-electron chi connectivity index (χ2n) is 4.14. The van der Waals surface area contributed by atoms with E-state index in [-0.39, 0.29) is 5.92 Å². The Hall–Kier alpha value is -0.780. The van der Waals surface area contributed by atoms with Crippen molar-refractivity contribution in [2.24, 2.45) is 11.7 Å². The average molecular weight is 240 g/mol. The highest BCUT2D eigenvalue weighted by atomic mass is 19.4. The molecule has 0 aliphatic heterocycles. The van der Waals surface area contributed by atoms with E-state index in [0.717, 1.165) is 0 Å². The summed E-state index contributed by atoms with van der Waals surface area (Å²) in [5.41, 5.74) is 5.59. The lowest BCUT2D eigenvalue weighted by Crippen LogP contribution is -2.48. The van der Waals surface area contributed by atoms with E-state index >= 15 is 0 Å². The van der Waals surface area contributed by atoms with Gasteiger partial charge >= 0.3 is 6.18 Å². The van der Waals surface area contributed by atoms with Crippen molar-refractivity contribution in [3.05, 3.63) is 0 Å². The number of rotatable bonds is 5. The van der Waals surface area contributed by atoms with Crippen molar-refractivity contribution in [1.29, 1.82) is 0 Å². The van der Waals surface area contributed by atoms with Crippen molar-refractivity contribution < 1.29 is 18.0 Å². The summed E-state index contributed by atoms with van der Waals surface area (Å²) in [6.07, 6.45) is -4.60. The molecular formula is C10H19F3N2O. The van der Waals surface area contributed by atoms with Crippen molar-refractivity contribution in [1.82, 2.24) is 5.32 Å².